The Balaban J connectivity index is 2.34. The molecule has 0 saturated carbocycles. The van der Waals surface area contributed by atoms with E-state index in [4.69, 9.17) is 15.9 Å². The fraction of sp³-hybridized carbons (Fsp3) is 0.500. The molecule has 0 spiro atoms. The number of nitrogen functional groups attached to an aromatic ring is 1. The number of rotatable bonds is 1. The summed E-state index contributed by atoms with van der Waals surface area (Å²) in [4.78, 5) is 5.77. The lowest BCUT2D eigenvalue weighted by Crippen LogP contribution is -2.39. The first kappa shape index (κ1) is 9.78. The Bertz CT molecular complexity index is 410. The molecular formula is C8H13N5O2. The molecule has 1 aliphatic heterocycles. The van der Waals surface area contributed by atoms with E-state index in [1.54, 1.807) is 0 Å². The van der Waals surface area contributed by atoms with Crippen molar-refractivity contribution in [3.05, 3.63) is 11.7 Å². The molecule has 1 aromatic heterocycles. The van der Waals surface area contributed by atoms with Crippen molar-refractivity contribution < 1.29 is 9.94 Å². The van der Waals surface area contributed by atoms with Gasteiger partial charge in [0.15, 0.2) is 5.49 Å². The van der Waals surface area contributed by atoms with Crippen LogP contribution in [0.5, 0.6) is 0 Å². The molecule has 1 aliphatic rings. The average Bonchev–Trinajstić information content (AvgIpc) is 2.25. The van der Waals surface area contributed by atoms with Crippen molar-refractivity contribution in [2.45, 2.75) is 0 Å². The summed E-state index contributed by atoms with van der Waals surface area (Å²) in [6, 6.07) is 0. The summed E-state index contributed by atoms with van der Waals surface area (Å²) in [7, 11) is 0. The minimum absolute atomic E-state index is 0.0261. The summed E-state index contributed by atoms with van der Waals surface area (Å²) >= 11 is 0. The van der Waals surface area contributed by atoms with Crippen LogP contribution in [0.1, 0.15) is 0 Å². The van der Waals surface area contributed by atoms with E-state index in [2.05, 4.69) is 4.98 Å². The molecule has 0 bridgehead atoms. The number of morpholine rings is 1. The molecule has 1 saturated heterocycles. The molecule has 4 N–H and O–H groups in total. The van der Waals surface area contributed by atoms with E-state index >= 15 is 0 Å². The van der Waals surface area contributed by atoms with Crippen LogP contribution in [0.3, 0.4) is 0 Å². The molecule has 15 heavy (non-hydrogen) atoms. The molecule has 0 amide bonds. The van der Waals surface area contributed by atoms with Crippen molar-refractivity contribution in [2.24, 2.45) is 0 Å². The smallest absolute Gasteiger partial charge is 0.241 e. The zero-order valence-electron chi connectivity index (χ0n) is 8.18. The summed E-state index contributed by atoms with van der Waals surface area (Å²) < 4.78 is 6.03. The third kappa shape index (κ3) is 1.86. The van der Waals surface area contributed by atoms with Gasteiger partial charge in [0.05, 0.1) is 25.1 Å². The molecule has 0 radical (unpaired) electrons. The second kappa shape index (κ2) is 3.77. The maximum absolute atomic E-state index is 9.58. The first-order valence-electron chi connectivity index (χ1n) is 4.64. The average molecular weight is 211 g/mol. The highest BCUT2D eigenvalue weighted by Gasteiger charge is 2.16. The third-order valence-corrected chi connectivity index (χ3v) is 2.25. The Kier molecular flexibility index (Phi) is 2.46. The van der Waals surface area contributed by atoms with E-state index in [1.807, 2.05) is 4.90 Å². The van der Waals surface area contributed by atoms with Gasteiger partial charge in [0.1, 0.15) is 0 Å². The Morgan fingerprint density at radius 3 is 2.80 bits per heavy atom. The highest BCUT2D eigenvalue weighted by Crippen LogP contribution is 2.10. The van der Waals surface area contributed by atoms with Crippen LogP contribution >= 0.6 is 0 Å². The zero-order chi connectivity index (χ0) is 10.8. The molecule has 1 aromatic rings. The molecule has 7 nitrogen and oxygen atoms in total. The maximum Gasteiger partial charge on any atom is 0.241 e. The number of nitrogens with zero attached hydrogens (tertiary/aromatic N) is 3. The minimum atomic E-state index is -0.0261. The molecular weight excluding hydrogens is 198 g/mol. The minimum Gasteiger partial charge on any atom is -0.425 e. The SMILES string of the molecule is N=c1nc(N2CCOCC2)n(O)cc1N. The normalized spacial score (nSPS) is 16.7. The molecule has 0 unspecified atom stereocenters. The van der Waals surface area contributed by atoms with Gasteiger partial charge in [-0.2, -0.15) is 9.71 Å². The third-order valence-electron chi connectivity index (χ3n) is 2.25. The quantitative estimate of drug-likeness (QED) is 0.518. The van der Waals surface area contributed by atoms with Gasteiger partial charge in [-0.25, -0.2) is 0 Å². The molecule has 0 aliphatic carbocycles. The largest absolute Gasteiger partial charge is 0.425 e. The van der Waals surface area contributed by atoms with Crippen LogP contribution in [0.15, 0.2) is 6.20 Å². The Morgan fingerprint density at radius 2 is 2.13 bits per heavy atom. The lowest BCUT2D eigenvalue weighted by molar-refractivity contribution is 0.116. The fourth-order valence-corrected chi connectivity index (χ4v) is 1.45. The summed E-state index contributed by atoms with van der Waals surface area (Å²) in [5, 5.41) is 17.0. The van der Waals surface area contributed by atoms with E-state index in [-0.39, 0.29) is 11.2 Å². The highest BCUT2D eigenvalue weighted by atomic mass is 16.5. The van der Waals surface area contributed by atoms with Gasteiger partial charge in [-0.15, -0.1) is 0 Å². The van der Waals surface area contributed by atoms with Crippen LogP contribution < -0.4 is 16.1 Å². The van der Waals surface area contributed by atoms with Gasteiger partial charge < -0.3 is 20.6 Å². The molecule has 2 rings (SSSR count). The van der Waals surface area contributed by atoms with Gasteiger partial charge in [0, 0.05) is 13.1 Å². The highest BCUT2D eigenvalue weighted by molar-refractivity contribution is 5.38. The van der Waals surface area contributed by atoms with Crippen molar-refractivity contribution in [2.75, 3.05) is 36.9 Å². The first-order valence-corrected chi connectivity index (χ1v) is 4.64. The number of ether oxygens (including phenoxy) is 1. The van der Waals surface area contributed by atoms with Crippen LogP contribution in [0, 0.1) is 5.41 Å². The van der Waals surface area contributed by atoms with E-state index in [0.29, 0.717) is 32.3 Å². The predicted molar refractivity (Wildman–Crippen MR) is 52.7 cm³/mol. The Hall–Kier alpha value is -1.76. The van der Waals surface area contributed by atoms with Crippen molar-refractivity contribution in [3.8, 4) is 0 Å². The maximum atomic E-state index is 9.58. The number of nitrogens with two attached hydrogens (primary N) is 1. The second-order valence-corrected chi connectivity index (χ2v) is 3.29. The van der Waals surface area contributed by atoms with Gasteiger partial charge in [-0.1, -0.05) is 0 Å². The van der Waals surface area contributed by atoms with Gasteiger partial charge in [0.2, 0.25) is 5.95 Å². The summed E-state index contributed by atoms with van der Waals surface area (Å²) in [5.41, 5.74) is 5.57. The predicted octanol–water partition coefficient (Wildman–Crippen LogP) is -0.981. The summed E-state index contributed by atoms with van der Waals surface area (Å²) in [6.45, 7) is 2.49. The molecule has 82 valence electrons. The van der Waals surface area contributed by atoms with Crippen LogP contribution in [-0.2, 0) is 4.74 Å². The van der Waals surface area contributed by atoms with E-state index in [0.717, 1.165) is 4.73 Å². The monoisotopic (exact) mass is 211 g/mol. The van der Waals surface area contributed by atoms with E-state index in [1.165, 1.54) is 6.20 Å². The van der Waals surface area contributed by atoms with E-state index < -0.39 is 0 Å². The molecule has 0 atom stereocenters. The van der Waals surface area contributed by atoms with Gasteiger partial charge in [-0.3, -0.25) is 5.41 Å². The van der Waals surface area contributed by atoms with Crippen LogP contribution in [0.25, 0.3) is 0 Å². The van der Waals surface area contributed by atoms with Crippen molar-refractivity contribution in [1.29, 1.82) is 5.41 Å². The van der Waals surface area contributed by atoms with E-state index in [9.17, 15) is 5.21 Å². The number of anilines is 2. The fourth-order valence-electron chi connectivity index (χ4n) is 1.45. The number of nitrogens with one attached hydrogen (secondary N) is 1. The molecule has 7 heteroatoms. The van der Waals surface area contributed by atoms with Crippen LogP contribution in [0.4, 0.5) is 11.6 Å². The molecule has 1 fully saturated rings. The van der Waals surface area contributed by atoms with Gasteiger partial charge in [0.25, 0.3) is 0 Å². The van der Waals surface area contributed by atoms with Crippen molar-refractivity contribution >= 4 is 11.6 Å². The van der Waals surface area contributed by atoms with Crippen LogP contribution in [0.2, 0.25) is 0 Å². The lowest BCUT2D eigenvalue weighted by atomic mass is 10.4. The summed E-state index contributed by atoms with van der Waals surface area (Å²) in [6.07, 6.45) is 1.28. The first-order chi connectivity index (χ1) is 7.18. The summed E-state index contributed by atoms with van der Waals surface area (Å²) in [5.74, 6) is 0.331. The van der Waals surface area contributed by atoms with Crippen molar-refractivity contribution in [1.82, 2.24) is 9.71 Å². The number of hydrogen-bond acceptors (Lipinski definition) is 6. The standard InChI is InChI=1S/C8H13N5O2/c9-6-5-13(14)8(11-7(6)10)12-1-3-15-4-2-12/h5,10,14H,1-4,9H2. The topological polar surface area (TPSA) is 100 Å². The van der Waals surface area contributed by atoms with Gasteiger partial charge >= 0.3 is 0 Å². The number of hydrogen-bond donors (Lipinski definition) is 3. The van der Waals surface area contributed by atoms with Crippen molar-refractivity contribution in [3.63, 3.8) is 0 Å². The Morgan fingerprint density at radius 1 is 1.47 bits per heavy atom. The second-order valence-electron chi connectivity index (χ2n) is 3.29. The molecule has 2 heterocycles. The number of aromatic nitrogens is 2. The lowest BCUT2D eigenvalue weighted by Gasteiger charge is -2.28. The van der Waals surface area contributed by atoms with Crippen LogP contribution in [-0.4, -0.2) is 41.2 Å². The molecule has 0 aromatic carbocycles. The zero-order valence-corrected chi connectivity index (χ0v) is 8.18. The van der Waals surface area contributed by atoms with Gasteiger partial charge in [-0.05, 0) is 0 Å². The Labute approximate surface area is 86.2 Å².